The van der Waals surface area contributed by atoms with E-state index < -0.39 is 0 Å². The first kappa shape index (κ1) is 15.4. The number of amides is 1. The Hall–Kier alpha value is -3.09. The Morgan fingerprint density at radius 3 is 2.80 bits per heavy atom. The van der Waals surface area contributed by atoms with Crippen molar-refractivity contribution >= 4 is 11.6 Å². The van der Waals surface area contributed by atoms with Crippen LogP contribution in [0, 0.1) is 12.7 Å². The van der Waals surface area contributed by atoms with Gasteiger partial charge in [0.15, 0.2) is 0 Å². The van der Waals surface area contributed by atoms with Gasteiger partial charge in [-0.05, 0) is 36.8 Å². The van der Waals surface area contributed by atoms with Crippen LogP contribution in [0.5, 0.6) is 0 Å². The summed E-state index contributed by atoms with van der Waals surface area (Å²) in [6.45, 7) is 2.08. The number of halogens is 1. The molecule has 2 aromatic heterocycles. The topological polar surface area (TPSA) is 72.1 Å². The fourth-order valence-electron chi connectivity index (χ4n) is 2.89. The molecule has 0 saturated carbocycles. The lowest BCUT2D eigenvalue weighted by atomic mass is 10.1. The minimum absolute atomic E-state index is 0.0862. The molecule has 1 amide bonds. The second-order valence-electron chi connectivity index (χ2n) is 6.03. The highest BCUT2D eigenvalue weighted by Crippen LogP contribution is 2.32. The molecule has 25 heavy (non-hydrogen) atoms. The second kappa shape index (κ2) is 6.08. The summed E-state index contributed by atoms with van der Waals surface area (Å²) in [6.07, 6.45) is 3.56. The lowest BCUT2D eigenvalue weighted by Gasteiger charge is -2.16. The predicted octanol–water partition coefficient (Wildman–Crippen LogP) is 3.10. The van der Waals surface area contributed by atoms with Gasteiger partial charge in [0, 0.05) is 36.6 Å². The Kier molecular flexibility index (Phi) is 3.76. The molecule has 0 unspecified atom stereocenters. The summed E-state index contributed by atoms with van der Waals surface area (Å²) in [7, 11) is 0. The summed E-state index contributed by atoms with van der Waals surface area (Å²) >= 11 is 0. The monoisotopic (exact) mass is 338 g/mol. The molecule has 0 N–H and O–H groups in total. The van der Waals surface area contributed by atoms with Crippen LogP contribution in [0.3, 0.4) is 0 Å². The van der Waals surface area contributed by atoms with Gasteiger partial charge in [-0.1, -0.05) is 11.2 Å². The van der Waals surface area contributed by atoms with Crippen molar-refractivity contribution in [1.29, 1.82) is 0 Å². The van der Waals surface area contributed by atoms with Crippen molar-refractivity contribution in [3.8, 4) is 11.4 Å². The Bertz CT molecular complexity index is 926. The second-order valence-corrected chi connectivity index (χ2v) is 6.03. The van der Waals surface area contributed by atoms with Gasteiger partial charge in [-0.2, -0.15) is 4.98 Å². The minimum Gasteiger partial charge on any atom is -0.339 e. The summed E-state index contributed by atoms with van der Waals surface area (Å²) in [5.74, 6) is 0.253. The van der Waals surface area contributed by atoms with E-state index >= 15 is 0 Å². The molecular formula is C18H15FN4O2. The van der Waals surface area contributed by atoms with Crippen molar-refractivity contribution < 1.29 is 13.7 Å². The molecule has 0 bridgehead atoms. The number of aromatic nitrogens is 3. The standard InChI is InChI=1S/C18H15FN4O2/c1-11-2-3-14(9-15(11)19)23-10-13(8-16(23)24)18-21-17(22-25-18)12-4-6-20-7-5-12/h2-7,9,13H,8,10H2,1H3/t13-/m1/s1. The van der Waals surface area contributed by atoms with Crippen LogP contribution in [0.4, 0.5) is 10.1 Å². The average molecular weight is 338 g/mol. The van der Waals surface area contributed by atoms with Gasteiger partial charge in [-0.15, -0.1) is 0 Å². The Balaban J connectivity index is 1.56. The molecule has 1 aliphatic rings. The van der Waals surface area contributed by atoms with Crippen LogP contribution in [0.2, 0.25) is 0 Å². The number of hydrogen-bond acceptors (Lipinski definition) is 5. The highest BCUT2D eigenvalue weighted by molar-refractivity contribution is 5.96. The largest absolute Gasteiger partial charge is 0.339 e. The van der Waals surface area contributed by atoms with Gasteiger partial charge in [-0.25, -0.2) is 4.39 Å². The maximum Gasteiger partial charge on any atom is 0.232 e. The summed E-state index contributed by atoms with van der Waals surface area (Å²) < 4.78 is 19.1. The molecule has 7 heteroatoms. The summed E-state index contributed by atoms with van der Waals surface area (Å²) in [5, 5.41) is 3.98. The van der Waals surface area contributed by atoms with Crippen molar-refractivity contribution in [1.82, 2.24) is 15.1 Å². The van der Waals surface area contributed by atoms with Gasteiger partial charge in [0.25, 0.3) is 0 Å². The zero-order valence-corrected chi connectivity index (χ0v) is 13.5. The molecule has 6 nitrogen and oxygen atoms in total. The Labute approximate surface area is 143 Å². The molecule has 0 aliphatic carbocycles. The van der Waals surface area contributed by atoms with Crippen LogP contribution >= 0.6 is 0 Å². The first-order valence-corrected chi connectivity index (χ1v) is 7.92. The first-order chi connectivity index (χ1) is 12.1. The average Bonchev–Trinajstić information content (AvgIpc) is 3.25. The van der Waals surface area contributed by atoms with Crippen molar-refractivity contribution in [3.63, 3.8) is 0 Å². The van der Waals surface area contributed by atoms with Crippen LogP contribution < -0.4 is 4.90 Å². The smallest absolute Gasteiger partial charge is 0.232 e. The van der Waals surface area contributed by atoms with E-state index in [1.807, 2.05) is 0 Å². The number of hydrogen-bond donors (Lipinski definition) is 0. The molecule has 0 spiro atoms. The number of carbonyl (C=O) groups excluding carboxylic acids is 1. The summed E-state index contributed by atoms with van der Waals surface area (Å²) in [4.78, 5) is 22.2. The molecule has 1 aromatic carbocycles. The minimum atomic E-state index is -0.327. The molecule has 126 valence electrons. The normalized spacial score (nSPS) is 17.3. The van der Waals surface area contributed by atoms with E-state index in [-0.39, 0.29) is 24.1 Å². The highest BCUT2D eigenvalue weighted by atomic mass is 19.1. The third-order valence-corrected chi connectivity index (χ3v) is 4.32. The number of pyridine rings is 1. The highest BCUT2D eigenvalue weighted by Gasteiger charge is 2.35. The molecule has 1 aliphatic heterocycles. The van der Waals surface area contributed by atoms with Crippen LogP contribution in [-0.2, 0) is 4.79 Å². The van der Waals surface area contributed by atoms with E-state index in [2.05, 4.69) is 15.1 Å². The lowest BCUT2D eigenvalue weighted by Crippen LogP contribution is -2.24. The number of benzene rings is 1. The maximum atomic E-state index is 13.8. The SMILES string of the molecule is Cc1ccc(N2C[C@H](c3nc(-c4ccncc4)no3)CC2=O)cc1F. The van der Waals surface area contributed by atoms with Crippen molar-refractivity contribution in [2.45, 2.75) is 19.3 Å². The van der Waals surface area contributed by atoms with Gasteiger partial charge in [-0.3, -0.25) is 9.78 Å². The van der Waals surface area contributed by atoms with E-state index in [0.717, 1.165) is 5.56 Å². The van der Waals surface area contributed by atoms with Crippen molar-refractivity contribution in [2.24, 2.45) is 0 Å². The quantitative estimate of drug-likeness (QED) is 0.734. The predicted molar refractivity (Wildman–Crippen MR) is 88.4 cm³/mol. The third kappa shape index (κ3) is 2.88. The Morgan fingerprint density at radius 1 is 1.24 bits per heavy atom. The van der Waals surface area contributed by atoms with E-state index in [9.17, 15) is 9.18 Å². The molecule has 0 radical (unpaired) electrons. The molecule has 1 fully saturated rings. The summed E-state index contributed by atoms with van der Waals surface area (Å²) in [5.41, 5.74) is 1.89. The molecule has 4 rings (SSSR count). The van der Waals surface area contributed by atoms with Gasteiger partial charge in [0.1, 0.15) is 5.82 Å². The van der Waals surface area contributed by atoms with Gasteiger partial charge in [0.2, 0.25) is 17.6 Å². The van der Waals surface area contributed by atoms with Gasteiger partial charge >= 0.3 is 0 Å². The number of aryl methyl sites for hydroxylation is 1. The van der Waals surface area contributed by atoms with E-state index in [4.69, 9.17) is 4.52 Å². The fraction of sp³-hybridized carbons (Fsp3) is 0.222. The number of carbonyl (C=O) groups is 1. The van der Waals surface area contributed by atoms with Gasteiger partial charge in [0.05, 0.1) is 5.92 Å². The zero-order chi connectivity index (χ0) is 17.4. The molecule has 3 heterocycles. The van der Waals surface area contributed by atoms with E-state index in [1.165, 1.54) is 6.07 Å². The van der Waals surface area contributed by atoms with Crippen LogP contribution in [0.25, 0.3) is 11.4 Å². The lowest BCUT2D eigenvalue weighted by molar-refractivity contribution is -0.117. The molecule has 1 saturated heterocycles. The number of anilines is 1. The van der Waals surface area contributed by atoms with E-state index in [0.29, 0.717) is 29.5 Å². The van der Waals surface area contributed by atoms with Crippen LogP contribution in [-0.4, -0.2) is 27.6 Å². The zero-order valence-electron chi connectivity index (χ0n) is 13.5. The van der Waals surface area contributed by atoms with Crippen LogP contribution in [0.1, 0.15) is 23.8 Å². The van der Waals surface area contributed by atoms with Gasteiger partial charge < -0.3 is 9.42 Å². The molecular weight excluding hydrogens is 323 g/mol. The fourth-order valence-corrected chi connectivity index (χ4v) is 2.89. The van der Waals surface area contributed by atoms with Crippen molar-refractivity contribution in [3.05, 3.63) is 60.0 Å². The molecule has 1 atom stereocenters. The summed E-state index contributed by atoms with van der Waals surface area (Å²) in [6, 6.07) is 8.37. The van der Waals surface area contributed by atoms with Crippen molar-refractivity contribution in [2.75, 3.05) is 11.4 Å². The molecule has 3 aromatic rings. The first-order valence-electron chi connectivity index (χ1n) is 7.92. The number of nitrogens with zero attached hydrogens (tertiary/aromatic N) is 4. The van der Waals surface area contributed by atoms with Crippen LogP contribution in [0.15, 0.2) is 47.2 Å². The Morgan fingerprint density at radius 2 is 2.04 bits per heavy atom. The van der Waals surface area contributed by atoms with E-state index in [1.54, 1.807) is 48.5 Å². The number of rotatable bonds is 3. The third-order valence-electron chi connectivity index (χ3n) is 4.32. The maximum absolute atomic E-state index is 13.8.